The number of nitrogens with zero attached hydrogens (tertiary/aromatic N) is 1. The average molecular weight is 889 g/mol. The molecule has 15 heteroatoms. The van der Waals surface area contributed by atoms with Crippen LogP contribution in [0.2, 0.25) is 0 Å². The summed E-state index contributed by atoms with van der Waals surface area (Å²) in [5.74, 6) is -4.05. The van der Waals surface area contributed by atoms with Gasteiger partial charge in [0.15, 0.2) is 5.78 Å². The first-order valence-electron chi connectivity index (χ1n) is 23.4. The van der Waals surface area contributed by atoms with E-state index in [9.17, 15) is 49.8 Å². The van der Waals surface area contributed by atoms with Crippen molar-refractivity contribution < 1.29 is 64.0 Å². The van der Waals surface area contributed by atoms with E-state index < -0.39 is 99.4 Å². The Morgan fingerprint density at radius 3 is 2.33 bits per heavy atom. The molecule has 0 aromatic carbocycles. The van der Waals surface area contributed by atoms with Crippen LogP contribution in [0.15, 0.2) is 23.8 Å². The predicted molar refractivity (Wildman–Crippen MR) is 231 cm³/mol. The van der Waals surface area contributed by atoms with Gasteiger partial charge in [0.1, 0.15) is 17.8 Å². The van der Waals surface area contributed by atoms with E-state index in [-0.39, 0.29) is 74.6 Å². The lowest BCUT2D eigenvalue weighted by Gasteiger charge is -2.60. The number of carbonyl (C=O) groups excluding carboxylic acids is 4. The molecular weight excluding hydrogens is 813 g/mol. The lowest BCUT2D eigenvalue weighted by molar-refractivity contribution is -0.212. The van der Waals surface area contributed by atoms with Crippen LogP contribution in [-0.2, 0) is 33.4 Å². The molecule has 1 heterocycles. The summed E-state index contributed by atoms with van der Waals surface area (Å²) in [5, 5.41) is 72.9. The van der Waals surface area contributed by atoms with Crippen LogP contribution < -0.4 is 5.32 Å². The number of cyclic esters (lactones) is 1. The molecule has 1 aliphatic heterocycles. The van der Waals surface area contributed by atoms with Gasteiger partial charge in [-0.05, 0) is 109 Å². The first kappa shape index (κ1) is 49.7. The van der Waals surface area contributed by atoms with Gasteiger partial charge in [-0.2, -0.15) is 0 Å². The molecule has 0 aromatic heterocycles. The predicted octanol–water partition coefficient (Wildman–Crippen LogP) is 2.61. The van der Waals surface area contributed by atoms with Crippen molar-refractivity contribution in [2.24, 2.45) is 51.8 Å². The first-order valence-corrected chi connectivity index (χ1v) is 23.4. The van der Waals surface area contributed by atoms with Crippen molar-refractivity contribution in [3.8, 4) is 0 Å². The summed E-state index contributed by atoms with van der Waals surface area (Å²) in [6.07, 6.45) is 2.01. The van der Waals surface area contributed by atoms with E-state index in [0.29, 0.717) is 25.9 Å². The number of nitrogens with one attached hydrogen (secondary N) is 1. The summed E-state index contributed by atoms with van der Waals surface area (Å²) >= 11 is 0. The highest BCUT2D eigenvalue weighted by Gasteiger charge is 2.72. The average Bonchev–Trinajstić information content (AvgIpc) is 3.66. The Hall–Kier alpha value is -2.76. The molecule has 18 atom stereocenters. The lowest BCUT2D eigenvalue weighted by Crippen LogP contribution is -2.63. The van der Waals surface area contributed by atoms with Crippen molar-refractivity contribution in [1.82, 2.24) is 10.2 Å². The van der Waals surface area contributed by atoms with Crippen molar-refractivity contribution in [2.45, 2.75) is 167 Å². The highest BCUT2D eigenvalue weighted by molar-refractivity contribution is 6.01. The SMILES string of the molecule is CC[C@H]1OC(=O)[C@H](C)[C@@H](O)[C@H](C)[C@@H](O)[C@]2(O)C[C@@]2(C)CN(CCCNCCC(=O)O[C@]2(C(=O)OC)CCC3C4C[C@H](C)C5=CC(=O)C=C[C@]5(C)C4[C@@H](O)C[C@@]32C)[C@H](C)[C@@H](O)[C@]1(C)O. The van der Waals surface area contributed by atoms with Gasteiger partial charge in [0.25, 0.3) is 0 Å². The van der Waals surface area contributed by atoms with Crippen LogP contribution in [0.3, 0.4) is 0 Å². The molecule has 356 valence electrons. The molecule has 63 heavy (non-hydrogen) atoms. The van der Waals surface area contributed by atoms with Crippen LogP contribution in [0, 0.1) is 51.8 Å². The first-order chi connectivity index (χ1) is 29.3. The summed E-state index contributed by atoms with van der Waals surface area (Å²) in [6.45, 7) is 17.3. The summed E-state index contributed by atoms with van der Waals surface area (Å²) < 4.78 is 17.3. The molecule has 5 fully saturated rings. The van der Waals surface area contributed by atoms with E-state index in [1.807, 2.05) is 24.8 Å². The second-order valence-corrected chi connectivity index (χ2v) is 21.4. The molecule has 7 N–H and O–H groups in total. The molecule has 0 bridgehead atoms. The van der Waals surface area contributed by atoms with E-state index in [0.717, 1.165) is 12.0 Å². The van der Waals surface area contributed by atoms with Gasteiger partial charge in [-0.25, -0.2) is 4.79 Å². The monoisotopic (exact) mass is 889 g/mol. The summed E-state index contributed by atoms with van der Waals surface area (Å²) in [4.78, 5) is 55.1. The van der Waals surface area contributed by atoms with Crippen LogP contribution in [0.4, 0.5) is 0 Å². The zero-order valence-electron chi connectivity index (χ0n) is 39.1. The summed E-state index contributed by atoms with van der Waals surface area (Å²) in [5.41, 5.74) is -6.23. The number of hydrogen-bond acceptors (Lipinski definition) is 15. The van der Waals surface area contributed by atoms with Crippen molar-refractivity contribution in [1.29, 1.82) is 0 Å². The van der Waals surface area contributed by atoms with Crippen LogP contribution in [0.5, 0.6) is 0 Å². The smallest absolute Gasteiger partial charge is 0.350 e. The van der Waals surface area contributed by atoms with Gasteiger partial charge in [0.2, 0.25) is 5.60 Å². The second kappa shape index (κ2) is 17.8. The number of methoxy groups -OCH3 is 1. The highest BCUT2D eigenvalue weighted by atomic mass is 16.6. The zero-order valence-corrected chi connectivity index (χ0v) is 39.1. The molecule has 0 amide bonds. The fraction of sp³-hybridized carbons (Fsp3) is 0.833. The van der Waals surface area contributed by atoms with Crippen LogP contribution >= 0.6 is 0 Å². The number of aliphatic hydroxyl groups is 6. The third-order valence-corrected chi connectivity index (χ3v) is 17.5. The van der Waals surface area contributed by atoms with E-state index in [1.54, 1.807) is 32.9 Å². The van der Waals surface area contributed by atoms with E-state index in [1.165, 1.54) is 21.0 Å². The molecule has 15 nitrogen and oxygen atoms in total. The number of esters is 3. The van der Waals surface area contributed by atoms with Crippen molar-refractivity contribution in [3.05, 3.63) is 23.8 Å². The summed E-state index contributed by atoms with van der Waals surface area (Å²) in [6, 6.07) is -0.689. The van der Waals surface area contributed by atoms with Crippen LogP contribution in [0.25, 0.3) is 0 Å². The maximum Gasteiger partial charge on any atom is 0.350 e. The molecule has 0 radical (unpaired) electrons. The minimum absolute atomic E-state index is 0.0215. The Morgan fingerprint density at radius 2 is 1.68 bits per heavy atom. The number of fused-ring (bicyclic) bond motifs is 6. The molecule has 3 unspecified atom stereocenters. The second-order valence-electron chi connectivity index (χ2n) is 21.4. The van der Waals surface area contributed by atoms with Gasteiger partial charge in [0.05, 0.1) is 43.4 Å². The molecule has 4 saturated carbocycles. The maximum atomic E-state index is 13.8. The van der Waals surface area contributed by atoms with Crippen LogP contribution in [-0.4, -0.2) is 146 Å². The van der Waals surface area contributed by atoms with Crippen molar-refractivity contribution in [3.63, 3.8) is 0 Å². The molecule has 1 saturated heterocycles. The Labute approximate surface area is 373 Å². The fourth-order valence-electron chi connectivity index (χ4n) is 13.5. The number of ketones is 1. The molecular formula is C48H76N2O13. The molecule has 6 rings (SSSR count). The van der Waals surface area contributed by atoms with E-state index >= 15 is 0 Å². The number of ether oxygens (including phenoxy) is 3. The number of carbonyl (C=O) groups is 4. The van der Waals surface area contributed by atoms with E-state index in [4.69, 9.17) is 14.2 Å². The molecule has 0 spiro atoms. The van der Waals surface area contributed by atoms with Gasteiger partial charge in [-0.1, -0.05) is 53.2 Å². The van der Waals surface area contributed by atoms with Crippen molar-refractivity contribution >= 4 is 23.7 Å². The zero-order chi connectivity index (χ0) is 46.8. The fourth-order valence-corrected chi connectivity index (χ4v) is 13.5. The topological polar surface area (TPSA) is 233 Å². The van der Waals surface area contributed by atoms with Crippen LogP contribution in [0.1, 0.15) is 114 Å². The molecule has 5 aliphatic carbocycles. The minimum atomic E-state index is -1.88. The van der Waals surface area contributed by atoms with Gasteiger partial charge in [-0.15, -0.1) is 0 Å². The number of allylic oxidation sites excluding steroid dienone is 4. The number of aliphatic hydroxyl groups excluding tert-OH is 4. The van der Waals surface area contributed by atoms with Gasteiger partial charge in [-0.3, -0.25) is 19.3 Å². The van der Waals surface area contributed by atoms with Gasteiger partial charge >= 0.3 is 17.9 Å². The van der Waals surface area contributed by atoms with E-state index in [2.05, 4.69) is 19.2 Å². The Balaban J connectivity index is 1.10. The van der Waals surface area contributed by atoms with Gasteiger partial charge < -0.3 is 50.2 Å². The van der Waals surface area contributed by atoms with Crippen molar-refractivity contribution in [2.75, 3.05) is 33.3 Å². The Morgan fingerprint density at radius 1 is 1.00 bits per heavy atom. The lowest BCUT2D eigenvalue weighted by atomic mass is 9.45. The Bertz CT molecular complexity index is 1820. The molecule has 0 aromatic rings. The maximum absolute atomic E-state index is 13.8. The van der Waals surface area contributed by atoms with Gasteiger partial charge in [0, 0.05) is 47.2 Å². The third kappa shape index (κ3) is 8.27. The third-order valence-electron chi connectivity index (χ3n) is 17.5. The Kier molecular flexibility index (Phi) is 14.0. The highest BCUT2D eigenvalue weighted by Crippen LogP contribution is 2.69. The quantitative estimate of drug-likeness (QED) is 0.0950. The summed E-state index contributed by atoms with van der Waals surface area (Å²) in [7, 11) is 1.29. The number of rotatable bonds is 10. The number of hydrogen-bond donors (Lipinski definition) is 7. The molecule has 6 aliphatic rings. The minimum Gasteiger partial charge on any atom is -0.466 e. The standard InChI is InChI=1S/C48H76N2O13/c1-11-35-46(9,59)40(56)29(5)50(25-43(6)24-47(43,60)39(55)27(3)38(54)28(4)41(57)62-35)20-12-18-49-19-15-36(53)63-48(42(58)61-10)17-14-32-31-21-26(2)33-22-30(51)13-16-44(33,7)37(31)34(52)23-45(32,48)8/h13,16,22,26-29,31-32,34-35,37-40,49,52,54-56,59-60H,11-12,14-15,17-21,23-25H2,1-10H3/t26-,27-,28+,29+,31?,32?,34-,35+,37?,38-,39+,40+,43-,44-,45-,46+,47+,48-/m0/s1. The largest absolute Gasteiger partial charge is 0.466 e. The normalized spacial score (nSPS) is 47.8.